The van der Waals surface area contributed by atoms with Crippen LogP contribution in [0.2, 0.25) is 0 Å². The summed E-state index contributed by atoms with van der Waals surface area (Å²) in [5.74, 6) is 0.302. The zero-order valence-corrected chi connectivity index (χ0v) is 18.0. The molecule has 0 aliphatic heterocycles. The molecule has 0 saturated heterocycles. The first-order valence-corrected chi connectivity index (χ1v) is 10.0. The lowest BCUT2D eigenvalue weighted by atomic mass is 9.87. The molecule has 0 radical (unpaired) electrons. The Morgan fingerprint density at radius 2 is 1.55 bits per heavy atom. The third-order valence-electron chi connectivity index (χ3n) is 5.06. The molecule has 0 unspecified atom stereocenters. The van der Waals surface area contributed by atoms with E-state index < -0.39 is 0 Å². The Kier molecular flexibility index (Phi) is 5.10. The van der Waals surface area contributed by atoms with Gasteiger partial charge in [-0.2, -0.15) is 0 Å². The van der Waals surface area contributed by atoms with Gasteiger partial charge in [0, 0.05) is 22.6 Å². The molecule has 0 saturated carbocycles. The van der Waals surface area contributed by atoms with Crippen molar-refractivity contribution in [1.82, 2.24) is 10.1 Å². The van der Waals surface area contributed by atoms with E-state index in [1.165, 1.54) is 5.56 Å². The van der Waals surface area contributed by atoms with Crippen molar-refractivity contribution < 1.29 is 9.32 Å². The van der Waals surface area contributed by atoms with Crippen LogP contribution >= 0.6 is 0 Å². The Bertz CT molecular complexity index is 1240. The van der Waals surface area contributed by atoms with Crippen molar-refractivity contribution in [2.45, 2.75) is 33.1 Å². The molecular weight excluding hydrogens is 390 g/mol. The second kappa shape index (κ2) is 7.75. The fraction of sp³-hybridized carbons (Fsp3) is 0.208. The van der Waals surface area contributed by atoms with Gasteiger partial charge in [0.1, 0.15) is 0 Å². The predicted molar refractivity (Wildman–Crippen MR) is 124 cm³/mol. The van der Waals surface area contributed by atoms with E-state index in [9.17, 15) is 4.79 Å². The fourth-order valence-electron chi connectivity index (χ4n) is 3.40. The molecule has 31 heavy (non-hydrogen) atoms. The summed E-state index contributed by atoms with van der Waals surface area (Å²) in [6, 6.07) is 17.0. The van der Waals surface area contributed by atoms with Crippen LogP contribution < -0.4 is 16.4 Å². The number of fused-ring (bicyclic) bond motifs is 1. The Labute approximate surface area is 180 Å². The van der Waals surface area contributed by atoms with Gasteiger partial charge in [0.2, 0.25) is 0 Å². The minimum absolute atomic E-state index is 0.0681. The number of carbonyl (C=O) groups is 1. The number of nitrogens with two attached hydrogens (primary N) is 1. The summed E-state index contributed by atoms with van der Waals surface area (Å²) in [4.78, 5) is 16.7. The number of aromatic nitrogens is 2. The Morgan fingerprint density at radius 3 is 2.13 bits per heavy atom. The average molecular weight is 415 g/mol. The quantitative estimate of drug-likeness (QED) is 0.397. The summed E-state index contributed by atoms with van der Waals surface area (Å²) in [5, 5.41) is 10.2. The van der Waals surface area contributed by atoms with E-state index in [4.69, 9.17) is 10.3 Å². The highest BCUT2D eigenvalue weighted by Gasteiger charge is 2.15. The second-order valence-electron chi connectivity index (χ2n) is 8.54. The van der Waals surface area contributed by atoms with Crippen molar-refractivity contribution in [2.24, 2.45) is 0 Å². The van der Waals surface area contributed by atoms with Crippen LogP contribution in [0.15, 0.2) is 59.1 Å². The molecule has 7 nitrogen and oxygen atoms in total. The summed E-state index contributed by atoms with van der Waals surface area (Å²) in [6.45, 7) is 8.35. The number of rotatable bonds is 3. The molecule has 0 aliphatic carbocycles. The van der Waals surface area contributed by atoms with Crippen LogP contribution in [-0.4, -0.2) is 16.2 Å². The van der Waals surface area contributed by atoms with E-state index in [1.807, 2.05) is 61.5 Å². The van der Waals surface area contributed by atoms with Gasteiger partial charge in [-0.1, -0.05) is 50.2 Å². The minimum atomic E-state index is -0.304. The van der Waals surface area contributed by atoms with Crippen LogP contribution in [0.3, 0.4) is 0 Å². The fourth-order valence-corrected chi connectivity index (χ4v) is 3.40. The number of benzene rings is 2. The number of nitrogens with zero attached hydrogens (tertiary/aromatic N) is 2. The van der Waals surface area contributed by atoms with Crippen LogP contribution in [-0.2, 0) is 5.41 Å². The summed E-state index contributed by atoms with van der Waals surface area (Å²) in [6.07, 6.45) is 0. The Hall–Kier alpha value is -3.87. The molecule has 2 amide bonds. The molecule has 4 N–H and O–H groups in total. The number of hydrogen-bond acceptors (Lipinski definition) is 5. The number of nitrogen functional groups attached to an aromatic ring is 1. The van der Waals surface area contributed by atoms with Gasteiger partial charge >= 0.3 is 6.03 Å². The molecule has 7 heteroatoms. The maximum absolute atomic E-state index is 12.4. The van der Waals surface area contributed by atoms with Gasteiger partial charge in [-0.25, -0.2) is 9.78 Å². The van der Waals surface area contributed by atoms with Gasteiger partial charge in [0.15, 0.2) is 5.82 Å². The van der Waals surface area contributed by atoms with Crippen LogP contribution in [0.5, 0.6) is 0 Å². The topological polar surface area (TPSA) is 106 Å². The van der Waals surface area contributed by atoms with Gasteiger partial charge in [0.25, 0.3) is 5.71 Å². The van der Waals surface area contributed by atoms with Crippen molar-refractivity contribution in [3.8, 4) is 11.1 Å². The zero-order valence-electron chi connectivity index (χ0n) is 18.0. The molecule has 2 heterocycles. The second-order valence-corrected chi connectivity index (χ2v) is 8.54. The first kappa shape index (κ1) is 20.4. The maximum Gasteiger partial charge on any atom is 0.323 e. The van der Waals surface area contributed by atoms with Crippen molar-refractivity contribution in [3.63, 3.8) is 0 Å². The van der Waals surface area contributed by atoms with Crippen molar-refractivity contribution in [2.75, 3.05) is 16.4 Å². The minimum Gasteiger partial charge on any atom is -0.380 e. The van der Waals surface area contributed by atoms with Crippen LogP contribution in [0.4, 0.5) is 22.0 Å². The normalized spacial score (nSPS) is 11.5. The number of amides is 2. The molecule has 0 spiro atoms. The van der Waals surface area contributed by atoms with Gasteiger partial charge in [-0.15, -0.1) is 0 Å². The Balaban J connectivity index is 1.48. The number of pyridine rings is 1. The standard InChI is InChI=1S/C24H25N5O2/c1-14-13-19(20-21(25)29-31-22(20)26-14)15-5-9-17(10-6-15)27-23(30)28-18-11-7-16(8-12-18)24(2,3)4/h5-13H,1-4H3,(H2,25,29)(H2,27,28,30). The average Bonchev–Trinajstić information content (AvgIpc) is 3.08. The molecule has 0 bridgehead atoms. The largest absolute Gasteiger partial charge is 0.380 e. The van der Waals surface area contributed by atoms with Gasteiger partial charge < -0.3 is 20.9 Å². The molecule has 0 fully saturated rings. The maximum atomic E-state index is 12.4. The summed E-state index contributed by atoms with van der Waals surface area (Å²) in [7, 11) is 0. The van der Waals surface area contributed by atoms with E-state index in [1.54, 1.807) is 0 Å². The van der Waals surface area contributed by atoms with E-state index in [2.05, 4.69) is 41.5 Å². The number of anilines is 3. The van der Waals surface area contributed by atoms with Gasteiger partial charge in [-0.3, -0.25) is 0 Å². The summed E-state index contributed by atoms with van der Waals surface area (Å²) < 4.78 is 5.20. The van der Waals surface area contributed by atoms with Crippen molar-refractivity contribution >= 4 is 34.3 Å². The molecule has 4 aromatic rings. The Morgan fingerprint density at radius 1 is 0.968 bits per heavy atom. The third kappa shape index (κ3) is 4.35. The van der Waals surface area contributed by atoms with Crippen LogP contribution in [0.25, 0.3) is 22.2 Å². The highest BCUT2D eigenvalue weighted by molar-refractivity contribution is 6.01. The zero-order chi connectivity index (χ0) is 22.2. The molecule has 2 aromatic carbocycles. The number of urea groups is 1. The number of nitrogens with one attached hydrogen (secondary N) is 2. The lowest BCUT2D eigenvalue weighted by molar-refractivity contribution is 0.262. The van der Waals surface area contributed by atoms with Crippen LogP contribution in [0, 0.1) is 6.92 Å². The van der Waals surface area contributed by atoms with E-state index in [-0.39, 0.29) is 11.4 Å². The van der Waals surface area contributed by atoms with E-state index in [0.29, 0.717) is 22.6 Å². The monoisotopic (exact) mass is 415 g/mol. The van der Waals surface area contributed by atoms with Gasteiger partial charge in [-0.05, 0) is 53.8 Å². The number of aryl methyl sites for hydroxylation is 1. The molecule has 4 rings (SSSR count). The van der Waals surface area contributed by atoms with Gasteiger partial charge in [0.05, 0.1) is 5.39 Å². The summed E-state index contributed by atoms with van der Waals surface area (Å²) in [5.41, 5.74) is 11.7. The third-order valence-corrected chi connectivity index (χ3v) is 5.06. The first-order chi connectivity index (χ1) is 14.7. The highest BCUT2D eigenvalue weighted by Crippen LogP contribution is 2.33. The molecular formula is C24H25N5O2. The smallest absolute Gasteiger partial charge is 0.323 e. The van der Waals surface area contributed by atoms with E-state index >= 15 is 0 Å². The molecule has 158 valence electrons. The number of carbonyl (C=O) groups excluding carboxylic acids is 1. The lowest BCUT2D eigenvalue weighted by Gasteiger charge is -2.19. The lowest BCUT2D eigenvalue weighted by Crippen LogP contribution is -2.19. The predicted octanol–water partition coefficient (Wildman–Crippen LogP) is 5.72. The number of hydrogen-bond donors (Lipinski definition) is 3. The first-order valence-electron chi connectivity index (χ1n) is 10.0. The van der Waals surface area contributed by atoms with Crippen molar-refractivity contribution in [1.29, 1.82) is 0 Å². The summed E-state index contributed by atoms with van der Waals surface area (Å²) >= 11 is 0. The van der Waals surface area contributed by atoms with Crippen molar-refractivity contribution in [3.05, 3.63) is 65.9 Å². The highest BCUT2D eigenvalue weighted by atomic mass is 16.5. The van der Waals surface area contributed by atoms with Crippen LogP contribution in [0.1, 0.15) is 32.0 Å². The molecule has 2 aromatic heterocycles. The van der Waals surface area contributed by atoms with E-state index in [0.717, 1.165) is 22.5 Å². The molecule has 0 aliphatic rings. The SMILES string of the molecule is Cc1cc(-c2ccc(NC(=O)Nc3ccc(C(C)(C)C)cc3)cc2)c2c(N)noc2n1. The molecule has 0 atom stereocenters.